The Morgan fingerprint density at radius 3 is 2.50 bits per heavy atom. The molecule has 2 aromatic rings. The van der Waals surface area contributed by atoms with Gasteiger partial charge in [-0.1, -0.05) is 36.4 Å². The van der Waals surface area contributed by atoms with Crippen molar-refractivity contribution in [1.29, 1.82) is 0 Å². The van der Waals surface area contributed by atoms with E-state index in [0.717, 1.165) is 36.0 Å². The summed E-state index contributed by atoms with van der Waals surface area (Å²) >= 11 is 0. The lowest BCUT2D eigenvalue weighted by atomic mass is 9.95. The van der Waals surface area contributed by atoms with Crippen molar-refractivity contribution in [3.63, 3.8) is 0 Å². The topological polar surface area (TPSA) is 43.1 Å². The predicted octanol–water partition coefficient (Wildman–Crippen LogP) is 3.75. The van der Waals surface area contributed by atoms with Gasteiger partial charge in [-0.05, 0) is 36.0 Å². The van der Waals surface area contributed by atoms with Gasteiger partial charge in [0.05, 0.1) is 10.5 Å². The van der Waals surface area contributed by atoms with Gasteiger partial charge in [0.2, 0.25) is 0 Å². The van der Waals surface area contributed by atoms with E-state index in [2.05, 4.69) is 0 Å². The van der Waals surface area contributed by atoms with Crippen LogP contribution in [0.15, 0.2) is 42.5 Å². The normalized spacial score (nSPS) is 13.3. The highest BCUT2D eigenvalue weighted by molar-refractivity contribution is 5.78. The molecule has 0 aliphatic heterocycles. The fourth-order valence-electron chi connectivity index (χ4n) is 2.73. The molecule has 0 saturated carbocycles. The molecule has 90 valence electrons. The van der Waals surface area contributed by atoms with E-state index in [4.69, 9.17) is 0 Å². The molecule has 0 heterocycles. The van der Waals surface area contributed by atoms with Crippen molar-refractivity contribution in [2.45, 2.75) is 19.3 Å². The average Bonchev–Trinajstić information content (AvgIpc) is 2.86. The highest BCUT2D eigenvalue weighted by atomic mass is 16.6. The molecule has 0 amide bonds. The summed E-state index contributed by atoms with van der Waals surface area (Å²) < 4.78 is 0. The van der Waals surface area contributed by atoms with Gasteiger partial charge < -0.3 is 0 Å². The molecular weight excluding hydrogens is 226 g/mol. The molecule has 0 atom stereocenters. The van der Waals surface area contributed by atoms with Crippen molar-refractivity contribution in [2.24, 2.45) is 0 Å². The Hall–Kier alpha value is -2.16. The first kappa shape index (κ1) is 11.0. The summed E-state index contributed by atoms with van der Waals surface area (Å²) in [7, 11) is 0. The van der Waals surface area contributed by atoms with Crippen LogP contribution in [0.1, 0.15) is 17.5 Å². The van der Waals surface area contributed by atoms with Crippen LogP contribution >= 0.6 is 0 Å². The first-order valence-corrected chi connectivity index (χ1v) is 6.12. The van der Waals surface area contributed by atoms with Gasteiger partial charge >= 0.3 is 0 Å². The number of benzene rings is 2. The van der Waals surface area contributed by atoms with Gasteiger partial charge in [-0.25, -0.2) is 0 Å². The summed E-state index contributed by atoms with van der Waals surface area (Å²) in [6.45, 7) is 0. The predicted molar refractivity (Wildman–Crippen MR) is 70.6 cm³/mol. The third-order valence-electron chi connectivity index (χ3n) is 3.52. The SMILES string of the molecule is O=[N+]([O-])c1ccc2c(c1-c1ccccc1)CCC2. The van der Waals surface area contributed by atoms with Crippen LogP contribution in [-0.4, -0.2) is 4.92 Å². The Balaban J connectivity index is 2.29. The molecule has 0 aromatic heterocycles. The first-order chi connectivity index (χ1) is 8.77. The van der Waals surface area contributed by atoms with Gasteiger partial charge in [0, 0.05) is 6.07 Å². The van der Waals surface area contributed by atoms with Crippen molar-refractivity contribution in [3.05, 3.63) is 63.7 Å². The van der Waals surface area contributed by atoms with Crippen molar-refractivity contribution < 1.29 is 4.92 Å². The summed E-state index contributed by atoms with van der Waals surface area (Å²) in [5.41, 5.74) is 4.41. The molecule has 0 N–H and O–H groups in total. The Bertz CT molecular complexity index is 605. The molecule has 1 aliphatic carbocycles. The summed E-state index contributed by atoms with van der Waals surface area (Å²) in [4.78, 5) is 10.9. The minimum absolute atomic E-state index is 0.224. The second kappa shape index (κ2) is 4.26. The summed E-state index contributed by atoms with van der Waals surface area (Å²) in [6, 6.07) is 13.2. The fourth-order valence-corrected chi connectivity index (χ4v) is 2.73. The minimum Gasteiger partial charge on any atom is -0.258 e. The van der Waals surface area contributed by atoms with Crippen LogP contribution in [0.25, 0.3) is 11.1 Å². The molecule has 0 saturated heterocycles. The standard InChI is InChI=1S/C15H13NO2/c17-16(18)14-10-9-11-7-4-8-13(11)15(14)12-5-2-1-3-6-12/h1-3,5-6,9-10H,4,7-8H2. The highest BCUT2D eigenvalue weighted by Gasteiger charge is 2.24. The van der Waals surface area contributed by atoms with E-state index < -0.39 is 0 Å². The van der Waals surface area contributed by atoms with E-state index in [-0.39, 0.29) is 10.6 Å². The molecule has 18 heavy (non-hydrogen) atoms. The highest BCUT2D eigenvalue weighted by Crippen LogP contribution is 2.38. The zero-order chi connectivity index (χ0) is 12.5. The zero-order valence-electron chi connectivity index (χ0n) is 9.93. The van der Waals surface area contributed by atoms with Crippen LogP contribution in [-0.2, 0) is 12.8 Å². The number of nitro groups is 1. The molecule has 3 nitrogen and oxygen atoms in total. The molecule has 3 rings (SSSR count). The third-order valence-corrected chi connectivity index (χ3v) is 3.52. The van der Waals surface area contributed by atoms with Crippen molar-refractivity contribution in [2.75, 3.05) is 0 Å². The summed E-state index contributed by atoms with van der Waals surface area (Å²) in [5.74, 6) is 0. The number of hydrogen-bond acceptors (Lipinski definition) is 2. The van der Waals surface area contributed by atoms with Crippen LogP contribution in [0, 0.1) is 10.1 Å². The van der Waals surface area contributed by atoms with Gasteiger partial charge in [-0.2, -0.15) is 0 Å². The number of aryl methyl sites for hydroxylation is 1. The largest absolute Gasteiger partial charge is 0.277 e. The molecule has 0 unspecified atom stereocenters. The Morgan fingerprint density at radius 1 is 1.00 bits per heavy atom. The van der Waals surface area contributed by atoms with E-state index in [1.165, 1.54) is 5.56 Å². The van der Waals surface area contributed by atoms with E-state index in [1.807, 2.05) is 36.4 Å². The maximum Gasteiger partial charge on any atom is 0.277 e. The summed E-state index contributed by atoms with van der Waals surface area (Å²) in [6.07, 6.45) is 3.07. The first-order valence-electron chi connectivity index (χ1n) is 6.12. The maximum atomic E-state index is 11.2. The van der Waals surface area contributed by atoms with Crippen LogP contribution in [0.3, 0.4) is 0 Å². The van der Waals surface area contributed by atoms with Gasteiger partial charge in [0.25, 0.3) is 5.69 Å². The molecule has 0 bridgehead atoms. The van der Waals surface area contributed by atoms with Crippen molar-refractivity contribution in [1.82, 2.24) is 0 Å². The molecule has 2 aromatic carbocycles. The molecule has 1 aliphatic rings. The van der Waals surface area contributed by atoms with Gasteiger partial charge in [0.1, 0.15) is 0 Å². The Labute approximate surface area is 105 Å². The van der Waals surface area contributed by atoms with Crippen LogP contribution in [0.2, 0.25) is 0 Å². The molecular formula is C15H13NO2. The Kier molecular flexibility index (Phi) is 2.59. The van der Waals surface area contributed by atoms with Gasteiger partial charge in [-0.15, -0.1) is 0 Å². The molecule has 3 heteroatoms. The number of rotatable bonds is 2. The number of nitrogens with zero attached hydrogens (tertiary/aromatic N) is 1. The minimum atomic E-state index is -0.277. The van der Waals surface area contributed by atoms with E-state index in [1.54, 1.807) is 6.07 Å². The van der Waals surface area contributed by atoms with E-state index in [9.17, 15) is 10.1 Å². The smallest absolute Gasteiger partial charge is 0.258 e. The maximum absolute atomic E-state index is 11.2. The van der Waals surface area contributed by atoms with E-state index in [0.29, 0.717) is 0 Å². The number of hydrogen-bond donors (Lipinski definition) is 0. The molecule has 0 spiro atoms. The van der Waals surface area contributed by atoms with Crippen molar-refractivity contribution >= 4 is 5.69 Å². The lowest BCUT2D eigenvalue weighted by molar-refractivity contribution is -0.384. The number of nitro benzene ring substituents is 1. The summed E-state index contributed by atoms with van der Waals surface area (Å²) in [5, 5.41) is 11.2. The van der Waals surface area contributed by atoms with Crippen LogP contribution in [0.5, 0.6) is 0 Å². The fraction of sp³-hybridized carbons (Fsp3) is 0.200. The van der Waals surface area contributed by atoms with Crippen LogP contribution in [0.4, 0.5) is 5.69 Å². The van der Waals surface area contributed by atoms with Crippen molar-refractivity contribution in [3.8, 4) is 11.1 Å². The zero-order valence-corrected chi connectivity index (χ0v) is 9.93. The second-order valence-corrected chi connectivity index (χ2v) is 4.57. The monoisotopic (exact) mass is 239 g/mol. The molecule has 0 radical (unpaired) electrons. The lowest BCUT2D eigenvalue weighted by Gasteiger charge is -2.09. The quantitative estimate of drug-likeness (QED) is 0.591. The average molecular weight is 239 g/mol. The third kappa shape index (κ3) is 1.68. The molecule has 0 fully saturated rings. The van der Waals surface area contributed by atoms with Gasteiger partial charge in [0.15, 0.2) is 0 Å². The lowest BCUT2D eigenvalue weighted by Crippen LogP contribution is -1.97. The second-order valence-electron chi connectivity index (χ2n) is 4.57. The number of fused-ring (bicyclic) bond motifs is 1. The van der Waals surface area contributed by atoms with E-state index >= 15 is 0 Å². The van der Waals surface area contributed by atoms with Gasteiger partial charge in [-0.3, -0.25) is 10.1 Å². The van der Waals surface area contributed by atoms with Crippen LogP contribution < -0.4 is 0 Å². The Morgan fingerprint density at radius 2 is 1.78 bits per heavy atom.